The van der Waals surface area contributed by atoms with Gasteiger partial charge >= 0.3 is 0 Å². The van der Waals surface area contributed by atoms with Crippen molar-refractivity contribution in [2.75, 3.05) is 0 Å². The first kappa shape index (κ1) is 5.92. The summed E-state index contributed by atoms with van der Waals surface area (Å²) in [4.78, 5) is 6.57. The maximum Gasteiger partial charge on any atom is 0.194 e. The largest absolute Gasteiger partial charge is 0.288 e. The highest BCUT2D eigenvalue weighted by Crippen LogP contribution is 2.15. The lowest BCUT2D eigenvalue weighted by atomic mass is 10.6. The van der Waals surface area contributed by atoms with Crippen molar-refractivity contribution in [3.05, 3.63) is 23.0 Å². The van der Waals surface area contributed by atoms with Crippen molar-refractivity contribution < 1.29 is 0 Å². The van der Waals surface area contributed by atoms with Crippen LogP contribution in [0.3, 0.4) is 0 Å². The van der Waals surface area contributed by atoms with E-state index in [1.807, 2.05) is 17.5 Å². The summed E-state index contributed by atoms with van der Waals surface area (Å²) in [6.07, 6.45) is 5.14. The Morgan fingerprint density at radius 2 is 2.40 bits per heavy atom. The summed E-state index contributed by atoms with van der Waals surface area (Å²) in [6, 6.07) is 0. The van der Waals surface area contributed by atoms with Crippen molar-refractivity contribution in [2.24, 2.45) is 0 Å². The van der Waals surface area contributed by atoms with Crippen LogP contribution in [0.15, 0.2) is 6.20 Å². The summed E-state index contributed by atoms with van der Waals surface area (Å²) in [5.74, 6) is 0. The summed E-state index contributed by atoms with van der Waals surface area (Å²) < 4.78 is 1.94. The van der Waals surface area contributed by atoms with E-state index >= 15 is 0 Å². The molecule has 2 aromatic rings. The molecule has 0 aliphatic carbocycles. The first-order valence-electron chi connectivity index (χ1n) is 3.10. The first-order chi connectivity index (χ1) is 4.75. The molecule has 0 atom stereocenters. The number of hydrogen-bond donors (Lipinski definition) is 0. The number of fused-ring (bicyclic) bond motifs is 1. The fourth-order valence-corrected chi connectivity index (χ4v) is 1.78. The second kappa shape index (κ2) is 1.83. The molecule has 0 aliphatic rings. The molecule has 2 aromatic heterocycles. The van der Waals surface area contributed by atoms with Crippen molar-refractivity contribution in [3.8, 4) is 0 Å². The quantitative estimate of drug-likeness (QED) is 0.561. The number of aryl methyl sites for hydroxylation is 2. The van der Waals surface area contributed by atoms with Gasteiger partial charge in [0, 0.05) is 11.1 Å². The topological polar surface area (TPSA) is 17.3 Å². The lowest BCUT2D eigenvalue weighted by Crippen LogP contribution is -1.69. The number of thiazole rings is 1. The molecule has 2 nitrogen and oxygen atoms in total. The maximum absolute atomic E-state index is 4.26. The Morgan fingerprint density at radius 1 is 1.60 bits per heavy atom. The third-order valence-corrected chi connectivity index (χ3v) is 2.21. The number of aromatic nitrogens is 2. The first-order valence-corrected chi connectivity index (χ1v) is 3.92. The van der Waals surface area contributed by atoms with Crippen LogP contribution in [0.1, 0.15) is 10.6 Å². The maximum atomic E-state index is 4.26. The SMILES string of the molecule is Cc1[c]n2cc(C)sc2n1. The van der Waals surface area contributed by atoms with Gasteiger partial charge in [-0.1, -0.05) is 0 Å². The molecular formula is C7H7N2S. The molecule has 0 aromatic carbocycles. The number of hydrogen-bond acceptors (Lipinski definition) is 2. The molecular weight excluding hydrogens is 144 g/mol. The molecule has 0 aliphatic heterocycles. The van der Waals surface area contributed by atoms with E-state index in [0.717, 1.165) is 10.7 Å². The van der Waals surface area contributed by atoms with Crippen LogP contribution >= 0.6 is 11.3 Å². The van der Waals surface area contributed by atoms with Gasteiger partial charge in [-0.25, -0.2) is 4.98 Å². The fourth-order valence-electron chi connectivity index (χ4n) is 0.956. The van der Waals surface area contributed by atoms with Gasteiger partial charge in [0.25, 0.3) is 0 Å². The highest BCUT2D eigenvalue weighted by molar-refractivity contribution is 7.16. The van der Waals surface area contributed by atoms with Crippen LogP contribution in [0.4, 0.5) is 0 Å². The predicted octanol–water partition coefficient (Wildman–Crippen LogP) is 1.81. The Morgan fingerprint density at radius 3 is 3.10 bits per heavy atom. The van der Waals surface area contributed by atoms with Gasteiger partial charge in [-0.05, 0) is 13.8 Å². The zero-order valence-corrected chi connectivity index (χ0v) is 6.70. The van der Waals surface area contributed by atoms with E-state index in [1.165, 1.54) is 4.88 Å². The minimum Gasteiger partial charge on any atom is -0.288 e. The van der Waals surface area contributed by atoms with Crippen molar-refractivity contribution in [1.29, 1.82) is 0 Å². The molecule has 0 spiro atoms. The van der Waals surface area contributed by atoms with Crippen LogP contribution in [0.2, 0.25) is 0 Å². The predicted molar refractivity (Wildman–Crippen MR) is 41.4 cm³/mol. The average molecular weight is 151 g/mol. The molecule has 3 heteroatoms. The van der Waals surface area contributed by atoms with Crippen molar-refractivity contribution in [3.63, 3.8) is 0 Å². The Balaban J connectivity index is 2.83. The Kier molecular flexibility index (Phi) is 1.08. The second-order valence-electron chi connectivity index (χ2n) is 2.30. The molecule has 0 fully saturated rings. The molecule has 0 saturated heterocycles. The van der Waals surface area contributed by atoms with Crippen LogP contribution in [0.25, 0.3) is 4.96 Å². The molecule has 0 N–H and O–H groups in total. The van der Waals surface area contributed by atoms with Gasteiger partial charge in [-0.15, -0.1) is 11.3 Å². The zero-order chi connectivity index (χ0) is 7.14. The molecule has 1 radical (unpaired) electrons. The fraction of sp³-hybridized carbons (Fsp3) is 0.286. The minimum absolute atomic E-state index is 0.964. The Hall–Kier alpha value is -0.830. The van der Waals surface area contributed by atoms with Gasteiger partial charge < -0.3 is 0 Å². The van der Waals surface area contributed by atoms with Crippen LogP contribution < -0.4 is 0 Å². The number of imidazole rings is 1. The van der Waals surface area contributed by atoms with E-state index in [0.29, 0.717) is 0 Å². The summed E-state index contributed by atoms with van der Waals surface area (Å²) in [5, 5.41) is 0. The van der Waals surface area contributed by atoms with E-state index in [-0.39, 0.29) is 0 Å². The standard InChI is InChI=1S/C7H7N2S/c1-5-3-9-4-6(2)10-7(9)8-5/h4H,1-2H3. The lowest BCUT2D eigenvalue weighted by molar-refractivity contribution is 1.19. The highest BCUT2D eigenvalue weighted by Gasteiger charge is 1.99. The van der Waals surface area contributed by atoms with Crippen molar-refractivity contribution >= 4 is 16.3 Å². The molecule has 51 valence electrons. The van der Waals surface area contributed by atoms with E-state index in [2.05, 4.69) is 18.1 Å². The van der Waals surface area contributed by atoms with Gasteiger partial charge in [-0.3, -0.25) is 4.40 Å². The van der Waals surface area contributed by atoms with Crippen LogP contribution in [-0.2, 0) is 0 Å². The molecule has 2 heterocycles. The molecule has 2 rings (SSSR count). The summed E-state index contributed by atoms with van der Waals surface area (Å²) in [7, 11) is 0. The average Bonchev–Trinajstić information content (AvgIpc) is 2.21. The van der Waals surface area contributed by atoms with E-state index in [9.17, 15) is 0 Å². The van der Waals surface area contributed by atoms with Gasteiger partial charge in [0.15, 0.2) is 4.96 Å². The third-order valence-electron chi connectivity index (χ3n) is 1.31. The summed E-state index contributed by atoms with van der Waals surface area (Å²) in [5.41, 5.74) is 0.964. The monoisotopic (exact) mass is 151 g/mol. The lowest BCUT2D eigenvalue weighted by Gasteiger charge is -1.73. The number of nitrogens with zero attached hydrogens (tertiary/aromatic N) is 2. The highest BCUT2D eigenvalue weighted by atomic mass is 32.1. The summed E-state index contributed by atoms with van der Waals surface area (Å²) in [6.45, 7) is 4.03. The molecule has 0 bridgehead atoms. The third kappa shape index (κ3) is 0.743. The minimum atomic E-state index is 0.964. The Labute approximate surface area is 63.1 Å². The molecule has 10 heavy (non-hydrogen) atoms. The van der Waals surface area contributed by atoms with Crippen LogP contribution in [-0.4, -0.2) is 9.38 Å². The van der Waals surface area contributed by atoms with Gasteiger partial charge in [0.1, 0.15) is 0 Å². The zero-order valence-electron chi connectivity index (χ0n) is 5.88. The number of rotatable bonds is 0. The normalized spacial score (nSPS) is 11.0. The molecule has 0 unspecified atom stereocenters. The Bertz CT molecular complexity index is 295. The van der Waals surface area contributed by atoms with Crippen molar-refractivity contribution in [1.82, 2.24) is 9.38 Å². The van der Waals surface area contributed by atoms with Gasteiger partial charge in [0.05, 0.1) is 11.9 Å². The molecule has 0 saturated carbocycles. The van der Waals surface area contributed by atoms with E-state index in [1.54, 1.807) is 11.3 Å². The van der Waals surface area contributed by atoms with Crippen molar-refractivity contribution in [2.45, 2.75) is 13.8 Å². The summed E-state index contributed by atoms with van der Waals surface area (Å²) >= 11 is 1.69. The smallest absolute Gasteiger partial charge is 0.194 e. The van der Waals surface area contributed by atoms with Gasteiger partial charge in [-0.2, -0.15) is 0 Å². The second-order valence-corrected chi connectivity index (χ2v) is 3.52. The van der Waals surface area contributed by atoms with Crippen LogP contribution in [0, 0.1) is 20.0 Å². The van der Waals surface area contributed by atoms with Gasteiger partial charge in [0.2, 0.25) is 0 Å². The van der Waals surface area contributed by atoms with E-state index in [4.69, 9.17) is 0 Å². The molecule has 0 amide bonds. The van der Waals surface area contributed by atoms with E-state index < -0.39 is 0 Å². The van der Waals surface area contributed by atoms with Crippen LogP contribution in [0.5, 0.6) is 0 Å².